The SMILES string of the molecule is CNC(=O)C1CNCCN1CCCC1CCCO1. The second-order valence-corrected chi connectivity index (χ2v) is 5.15. The van der Waals surface area contributed by atoms with Crippen molar-refractivity contribution in [3.8, 4) is 0 Å². The molecule has 18 heavy (non-hydrogen) atoms. The number of nitrogens with zero attached hydrogens (tertiary/aromatic N) is 1. The lowest BCUT2D eigenvalue weighted by molar-refractivity contribution is -0.126. The van der Waals surface area contributed by atoms with Crippen molar-refractivity contribution in [3.63, 3.8) is 0 Å². The van der Waals surface area contributed by atoms with E-state index in [0.717, 1.165) is 45.6 Å². The molecule has 104 valence electrons. The van der Waals surface area contributed by atoms with Crippen LogP contribution >= 0.6 is 0 Å². The minimum atomic E-state index is -0.00625. The van der Waals surface area contributed by atoms with Crippen LogP contribution < -0.4 is 10.6 Å². The highest BCUT2D eigenvalue weighted by molar-refractivity contribution is 5.81. The molecule has 2 heterocycles. The standard InChI is InChI=1S/C13H25N3O2/c1-14-13(17)12-10-15-6-8-16(12)7-2-4-11-5-3-9-18-11/h11-12,15H,2-10H2,1H3,(H,14,17). The van der Waals surface area contributed by atoms with Crippen molar-refractivity contribution in [2.75, 3.05) is 39.8 Å². The summed E-state index contributed by atoms with van der Waals surface area (Å²) in [7, 11) is 1.71. The normalized spacial score (nSPS) is 29.4. The number of hydrogen-bond acceptors (Lipinski definition) is 4. The maximum Gasteiger partial charge on any atom is 0.238 e. The van der Waals surface area contributed by atoms with Gasteiger partial charge in [-0.15, -0.1) is 0 Å². The fourth-order valence-corrected chi connectivity index (χ4v) is 2.83. The number of ether oxygens (including phenoxy) is 1. The summed E-state index contributed by atoms with van der Waals surface area (Å²) in [4.78, 5) is 14.1. The Kier molecular flexibility index (Phi) is 5.41. The average molecular weight is 255 g/mol. The molecule has 2 saturated heterocycles. The molecule has 2 aliphatic heterocycles. The minimum absolute atomic E-state index is 0.00625. The zero-order valence-corrected chi connectivity index (χ0v) is 11.3. The molecule has 0 radical (unpaired) electrons. The van der Waals surface area contributed by atoms with E-state index < -0.39 is 0 Å². The van der Waals surface area contributed by atoms with Crippen molar-refractivity contribution >= 4 is 5.91 Å². The Morgan fingerprint density at radius 3 is 3.17 bits per heavy atom. The molecule has 2 fully saturated rings. The molecule has 5 heteroatoms. The predicted octanol–water partition coefficient (Wildman–Crippen LogP) is -0.0346. The maximum absolute atomic E-state index is 11.8. The van der Waals surface area contributed by atoms with Gasteiger partial charge in [-0.25, -0.2) is 0 Å². The molecular weight excluding hydrogens is 230 g/mol. The molecule has 1 amide bonds. The van der Waals surface area contributed by atoms with Gasteiger partial charge in [0.15, 0.2) is 0 Å². The van der Waals surface area contributed by atoms with E-state index >= 15 is 0 Å². The smallest absolute Gasteiger partial charge is 0.238 e. The van der Waals surface area contributed by atoms with Gasteiger partial charge < -0.3 is 15.4 Å². The summed E-state index contributed by atoms with van der Waals surface area (Å²) in [6.07, 6.45) is 5.13. The van der Waals surface area contributed by atoms with E-state index in [1.807, 2.05) is 0 Å². The highest BCUT2D eigenvalue weighted by Crippen LogP contribution is 2.17. The van der Waals surface area contributed by atoms with E-state index in [-0.39, 0.29) is 11.9 Å². The first-order valence-corrected chi connectivity index (χ1v) is 7.09. The van der Waals surface area contributed by atoms with Crippen molar-refractivity contribution in [2.45, 2.75) is 37.8 Å². The van der Waals surface area contributed by atoms with Crippen LogP contribution in [-0.4, -0.2) is 62.8 Å². The van der Waals surface area contributed by atoms with Crippen LogP contribution in [0.5, 0.6) is 0 Å². The molecule has 0 aromatic heterocycles. The van der Waals surface area contributed by atoms with Crippen LogP contribution in [-0.2, 0) is 9.53 Å². The number of nitrogens with one attached hydrogen (secondary N) is 2. The lowest BCUT2D eigenvalue weighted by atomic mass is 10.1. The first-order chi connectivity index (χ1) is 8.81. The molecule has 0 aromatic rings. The molecule has 2 unspecified atom stereocenters. The molecular formula is C13H25N3O2. The summed E-state index contributed by atoms with van der Waals surface area (Å²) in [6.45, 7) is 4.63. The number of likely N-dealkylation sites (N-methyl/N-ethyl adjacent to an activating group) is 1. The third kappa shape index (κ3) is 3.67. The van der Waals surface area contributed by atoms with Crippen molar-refractivity contribution in [3.05, 3.63) is 0 Å². The summed E-state index contributed by atoms with van der Waals surface area (Å²) >= 11 is 0. The van der Waals surface area contributed by atoms with Crippen LogP contribution in [0.1, 0.15) is 25.7 Å². The van der Waals surface area contributed by atoms with Gasteiger partial charge in [0.1, 0.15) is 6.04 Å². The van der Waals surface area contributed by atoms with Gasteiger partial charge in [0.2, 0.25) is 5.91 Å². The van der Waals surface area contributed by atoms with Crippen LogP contribution in [0.15, 0.2) is 0 Å². The number of amides is 1. The van der Waals surface area contributed by atoms with Gasteiger partial charge in [-0.2, -0.15) is 0 Å². The van der Waals surface area contributed by atoms with E-state index in [2.05, 4.69) is 15.5 Å². The van der Waals surface area contributed by atoms with Gasteiger partial charge in [0, 0.05) is 33.3 Å². The van der Waals surface area contributed by atoms with Gasteiger partial charge in [0.05, 0.1) is 6.10 Å². The van der Waals surface area contributed by atoms with Crippen LogP contribution in [0.4, 0.5) is 0 Å². The molecule has 0 saturated carbocycles. The third-order valence-corrected chi connectivity index (χ3v) is 3.90. The summed E-state index contributed by atoms with van der Waals surface area (Å²) in [5.41, 5.74) is 0. The van der Waals surface area contributed by atoms with Crippen LogP contribution in [0.3, 0.4) is 0 Å². The fourth-order valence-electron chi connectivity index (χ4n) is 2.83. The number of rotatable bonds is 5. The van der Waals surface area contributed by atoms with Crippen LogP contribution in [0, 0.1) is 0 Å². The Bertz CT molecular complexity index is 267. The lowest BCUT2D eigenvalue weighted by Crippen LogP contribution is -2.57. The van der Waals surface area contributed by atoms with E-state index in [1.54, 1.807) is 7.05 Å². The van der Waals surface area contributed by atoms with E-state index in [1.165, 1.54) is 12.8 Å². The first-order valence-electron chi connectivity index (χ1n) is 7.09. The van der Waals surface area contributed by atoms with Crippen molar-refractivity contribution in [2.24, 2.45) is 0 Å². The first kappa shape index (κ1) is 13.8. The highest BCUT2D eigenvalue weighted by Gasteiger charge is 2.27. The van der Waals surface area contributed by atoms with Crippen molar-refractivity contribution in [1.29, 1.82) is 0 Å². The van der Waals surface area contributed by atoms with Gasteiger partial charge in [-0.3, -0.25) is 9.69 Å². The van der Waals surface area contributed by atoms with Gasteiger partial charge in [-0.1, -0.05) is 0 Å². The Labute approximate surface area is 109 Å². The number of piperazine rings is 1. The highest BCUT2D eigenvalue weighted by atomic mass is 16.5. The molecule has 2 rings (SSSR count). The van der Waals surface area contributed by atoms with Crippen molar-refractivity contribution < 1.29 is 9.53 Å². The fraction of sp³-hybridized carbons (Fsp3) is 0.923. The summed E-state index contributed by atoms with van der Waals surface area (Å²) in [6, 6.07) is -0.00625. The predicted molar refractivity (Wildman–Crippen MR) is 70.5 cm³/mol. The van der Waals surface area contributed by atoms with Crippen LogP contribution in [0.25, 0.3) is 0 Å². The van der Waals surface area contributed by atoms with E-state index in [9.17, 15) is 4.79 Å². The van der Waals surface area contributed by atoms with Gasteiger partial charge in [0.25, 0.3) is 0 Å². The minimum Gasteiger partial charge on any atom is -0.378 e. The average Bonchev–Trinajstić information content (AvgIpc) is 2.92. The zero-order valence-electron chi connectivity index (χ0n) is 11.3. The number of hydrogen-bond donors (Lipinski definition) is 2. The maximum atomic E-state index is 11.8. The second kappa shape index (κ2) is 7.07. The number of carbonyl (C=O) groups is 1. The van der Waals surface area contributed by atoms with E-state index in [4.69, 9.17) is 4.74 Å². The number of carbonyl (C=O) groups excluding carboxylic acids is 1. The summed E-state index contributed by atoms with van der Waals surface area (Å²) < 4.78 is 5.63. The monoisotopic (exact) mass is 255 g/mol. The molecule has 0 spiro atoms. The Balaban J connectivity index is 1.72. The molecule has 0 bridgehead atoms. The quantitative estimate of drug-likeness (QED) is 0.724. The zero-order chi connectivity index (χ0) is 12.8. The molecule has 0 aromatic carbocycles. The molecule has 2 aliphatic rings. The van der Waals surface area contributed by atoms with E-state index in [0.29, 0.717) is 6.10 Å². The molecule has 2 N–H and O–H groups in total. The van der Waals surface area contributed by atoms with Crippen molar-refractivity contribution in [1.82, 2.24) is 15.5 Å². The lowest BCUT2D eigenvalue weighted by Gasteiger charge is -2.35. The van der Waals surface area contributed by atoms with Crippen LogP contribution in [0.2, 0.25) is 0 Å². The molecule has 0 aliphatic carbocycles. The Morgan fingerprint density at radius 1 is 1.56 bits per heavy atom. The Morgan fingerprint density at radius 2 is 2.44 bits per heavy atom. The molecule has 2 atom stereocenters. The van der Waals surface area contributed by atoms with Gasteiger partial charge in [-0.05, 0) is 32.2 Å². The topological polar surface area (TPSA) is 53.6 Å². The summed E-state index contributed by atoms with van der Waals surface area (Å²) in [5, 5.41) is 6.04. The summed E-state index contributed by atoms with van der Waals surface area (Å²) in [5.74, 6) is 0.124. The second-order valence-electron chi connectivity index (χ2n) is 5.15. The Hall–Kier alpha value is -0.650. The third-order valence-electron chi connectivity index (χ3n) is 3.90. The van der Waals surface area contributed by atoms with Gasteiger partial charge >= 0.3 is 0 Å². The largest absolute Gasteiger partial charge is 0.378 e. The molecule has 5 nitrogen and oxygen atoms in total.